The quantitative estimate of drug-likeness (QED) is 0.901. The van der Waals surface area contributed by atoms with Gasteiger partial charge in [0.15, 0.2) is 0 Å². The Morgan fingerprint density at radius 2 is 2.26 bits per heavy atom. The molecule has 0 aromatic carbocycles. The molecule has 2 aromatic heterocycles. The number of anilines is 1. The van der Waals surface area contributed by atoms with Crippen LogP contribution in [0.25, 0.3) is 0 Å². The Balaban J connectivity index is 2.33. The predicted molar refractivity (Wildman–Crippen MR) is 85.5 cm³/mol. The molecule has 2 heterocycles. The summed E-state index contributed by atoms with van der Waals surface area (Å²) in [6, 6.07) is 6.66. The van der Waals surface area contributed by atoms with E-state index in [1.165, 1.54) is 4.88 Å². The summed E-state index contributed by atoms with van der Waals surface area (Å²) in [6.07, 6.45) is 1.83. The third-order valence-corrected chi connectivity index (χ3v) is 4.23. The molecule has 0 atom stereocenters. The van der Waals surface area contributed by atoms with Crippen LogP contribution >= 0.6 is 27.3 Å². The first-order valence-electron chi connectivity index (χ1n) is 6.25. The highest BCUT2D eigenvalue weighted by Crippen LogP contribution is 2.25. The molecule has 0 saturated heterocycles. The largest absolute Gasteiger partial charge is 0.349 e. The number of rotatable bonds is 5. The lowest BCUT2D eigenvalue weighted by molar-refractivity contribution is 0.672. The van der Waals surface area contributed by atoms with Crippen LogP contribution in [0.4, 0.5) is 5.82 Å². The van der Waals surface area contributed by atoms with Crippen molar-refractivity contribution in [3.05, 3.63) is 44.7 Å². The van der Waals surface area contributed by atoms with E-state index >= 15 is 0 Å². The van der Waals surface area contributed by atoms with Gasteiger partial charge in [0, 0.05) is 33.7 Å². The molecule has 0 unspecified atom stereocenters. The highest BCUT2D eigenvalue weighted by atomic mass is 79.9. The standard InChI is InChI=1S/C14H18BrN3S/c1-10(2)18(9-13-4-3-5-19-13)14-11(7-16)6-12(15)8-17-14/h3-6,8,10H,7,9,16H2,1-2H3. The molecule has 19 heavy (non-hydrogen) atoms. The van der Waals surface area contributed by atoms with Crippen LogP contribution in [0.1, 0.15) is 24.3 Å². The number of halogens is 1. The second kappa shape index (κ2) is 6.50. The van der Waals surface area contributed by atoms with E-state index in [-0.39, 0.29) is 0 Å². The zero-order valence-electron chi connectivity index (χ0n) is 11.1. The molecule has 0 aliphatic rings. The van der Waals surface area contributed by atoms with Crippen LogP contribution in [-0.4, -0.2) is 11.0 Å². The van der Waals surface area contributed by atoms with E-state index in [0.29, 0.717) is 12.6 Å². The van der Waals surface area contributed by atoms with Crippen molar-refractivity contribution in [2.45, 2.75) is 33.0 Å². The Kier molecular flexibility index (Phi) is 4.96. The Morgan fingerprint density at radius 3 is 2.84 bits per heavy atom. The lowest BCUT2D eigenvalue weighted by Gasteiger charge is -2.29. The smallest absolute Gasteiger partial charge is 0.133 e. The van der Waals surface area contributed by atoms with Gasteiger partial charge in [0.1, 0.15) is 5.82 Å². The van der Waals surface area contributed by atoms with Crippen LogP contribution in [0.15, 0.2) is 34.2 Å². The third-order valence-electron chi connectivity index (χ3n) is 2.93. The number of nitrogens with zero attached hydrogens (tertiary/aromatic N) is 2. The Labute approximate surface area is 126 Å². The fourth-order valence-corrected chi connectivity index (χ4v) is 3.04. The molecule has 0 aliphatic carbocycles. The minimum Gasteiger partial charge on any atom is -0.349 e. The van der Waals surface area contributed by atoms with Crippen LogP contribution in [0, 0.1) is 0 Å². The zero-order valence-corrected chi connectivity index (χ0v) is 13.5. The molecule has 3 nitrogen and oxygen atoms in total. The van der Waals surface area contributed by atoms with Crippen molar-refractivity contribution >= 4 is 33.1 Å². The van der Waals surface area contributed by atoms with Gasteiger partial charge in [0.2, 0.25) is 0 Å². The summed E-state index contributed by atoms with van der Waals surface area (Å²) in [5, 5.41) is 2.10. The molecular formula is C14H18BrN3S. The lowest BCUT2D eigenvalue weighted by atomic mass is 10.2. The van der Waals surface area contributed by atoms with Crippen molar-refractivity contribution in [1.29, 1.82) is 0 Å². The molecule has 2 rings (SSSR count). The average molecular weight is 340 g/mol. The molecule has 0 aliphatic heterocycles. The average Bonchev–Trinajstić information content (AvgIpc) is 2.89. The van der Waals surface area contributed by atoms with Crippen molar-refractivity contribution in [2.75, 3.05) is 4.90 Å². The maximum Gasteiger partial charge on any atom is 0.133 e. The van der Waals surface area contributed by atoms with Crippen molar-refractivity contribution in [1.82, 2.24) is 4.98 Å². The number of hydrogen-bond donors (Lipinski definition) is 1. The van der Waals surface area contributed by atoms with Crippen LogP contribution in [-0.2, 0) is 13.1 Å². The van der Waals surface area contributed by atoms with Crippen LogP contribution in [0.2, 0.25) is 0 Å². The molecule has 2 aromatic rings. The first-order chi connectivity index (χ1) is 9.11. The summed E-state index contributed by atoms with van der Waals surface area (Å²) in [5.74, 6) is 0.981. The van der Waals surface area contributed by atoms with Crippen LogP contribution < -0.4 is 10.6 Å². The summed E-state index contributed by atoms with van der Waals surface area (Å²) in [6.45, 7) is 5.72. The minimum absolute atomic E-state index is 0.376. The monoisotopic (exact) mass is 339 g/mol. The fourth-order valence-electron chi connectivity index (χ4n) is 1.96. The van der Waals surface area contributed by atoms with Crippen LogP contribution in [0.3, 0.4) is 0 Å². The van der Waals surface area contributed by atoms with Gasteiger partial charge in [0.05, 0.1) is 6.54 Å². The zero-order chi connectivity index (χ0) is 13.8. The SMILES string of the molecule is CC(C)N(Cc1cccs1)c1ncc(Br)cc1CN. The highest BCUT2D eigenvalue weighted by molar-refractivity contribution is 9.10. The van der Waals surface area contributed by atoms with Gasteiger partial charge >= 0.3 is 0 Å². The Morgan fingerprint density at radius 1 is 1.47 bits per heavy atom. The summed E-state index contributed by atoms with van der Waals surface area (Å²) < 4.78 is 0.969. The van der Waals surface area contributed by atoms with E-state index < -0.39 is 0 Å². The van der Waals surface area contributed by atoms with Crippen LogP contribution in [0.5, 0.6) is 0 Å². The number of nitrogens with two attached hydrogens (primary N) is 1. The van der Waals surface area contributed by atoms with Crippen molar-refractivity contribution in [2.24, 2.45) is 5.73 Å². The molecule has 0 spiro atoms. The van der Waals surface area contributed by atoms with E-state index in [1.807, 2.05) is 12.3 Å². The van der Waals surface area contributed by atoms with E-state index in [2.05, 4.69) is 57.2 Å². The molecular weight excluding hydrogens is 322 g/mol. The minimum atomic E-state index is 0.376. The third kappa shape index (κ3) is 3.55. The molecule has 0 fully saturated rings. The van der Waals surface area contributed by atoms with Gasteiger partial charge in [-0.05, 0) is 47.3 Å². The fraction of sp³-hybridized carbons (Fsp3) is 0.357. The van der Waals surface area contributed by atoms with Gasteiger partial charge in [-0.15, -0.1) is 11.3 Å². The highest BCUT2D eigenvalue weighted by Gasteiger charge is 2.16. The van der Waals surface area contributed by atoms with Gasteiger partial charge in [-0.2, -0.15) is 0 Å². The van der Waals surface area contributed by atoms with Gasteiger partial charge in [0.25, 0.3) is 0 Å². The number of pyridine rings is 1. The molecule has 0 amide bonds. The number of hydrogen-bond acceptors (Lipinski definition) is 4. The van der Waals surface area contributed by atoms with Gasteiger partial charge < -0.3 is 10.6 Å². The van der Waals surface area contributed by atoms with E-state index in [0.717, 1.165) is 22.4 Å². The Hall–Kier alpha value is -0.910. The predicted octanol–water partition coefficient (Wildman–Crippen LogP) is 3.78. The molecule has 2 N–H and O–H groups in total. The first-order valence-corrected chi connectivity index (χ1v) is 7.92. The summed E-state index contributed by atoms with van der Waals surface area (Å²) in [7, 11) is 0. The molecule has 102 valence electrons. The first kappa shape index (κ1) is 14.5. The van der Waals surface area contributed by atoms with Crippen molar-refractivity contribution in [3.63, 3.8) is 0 Å². The van der Waals surface area contributed by atoms with Crippen molar-refractivity contribution < 1.29 is 0 Å². The van der Waals surface area contributed by atoms with Gasteiger partial charge in [-0.25, -0.2) is 4.98 Å². The lowest BCUT2D eigenvalue weighted by Crippen LogP contribution is -2.31. The summed E-state index contributed by atoms with van der Waals surface area (Å²) >= 11 is 5.22. The Bertz CT molecular complexity index is 525. The van der Waals surface area contributed by atoms with E-state index in [4.69, 9.17) is 5.73 Å². The molecule has 5 heteroatoms. The maximum atomic E-state index is 5.85. The maximum absolute atomic E-state index is 5.85. The van der Waals surface area contributed by atoms with Gasteiger partial charge in [-0.1, -0.05) is 6.07 Å². The second-order valence-electron chi connectivity index (χ2n) is 4.64. The van der Waals surface area contributed by atoms with Crippen molar-refractivity contribution in [3.8, 4) is 0 Å². The molecule has 0 radical (unpaired) electrons. The number of thiophene rings is 1. The summed E-state index contributed by atoms with van der Waals surface area (Å²) in [5.41, 5.74) is 6.92. The van der Waals surface area contributed by atoms with Gasteiger partial charge in [-0.3, -0.25) is 0 Å². The normalized spacial score (nSPS) is 11.0. The number of aromatic nitrogens is 1. The van der Waals surface area contributed by atoms with E-state index in [9.17, 15) is 0 Å². The molecule has 0 bridgehead atoms. The topological polar surface area (TPSA) is 42.2 Å². The second-order valence-corrected chi connectivity index (χ2v) is 6.59. The summed E-state index contributed by atoms with van der Waals surface area (Å²) in [4.78, 5) is 8.18. The van der Waals surface area contributed by atoms with E-state index in [1.54, 1.807) is 11.3 Å². The molecule has 0 saturated carbocycles.